The quantitative estimate of drug-likeness (QED) is 0.792. The number of nitrogens with two attached hydrogens (primary N) is 1. The lowest BCUT2D eigenvalue weighted by molar-refractivity contribution is 0.619. The van der Waals surface area contributed by atoms with Crippen LogP contribution in [0.2, 0.25) is 0 Å². The number of aryl methyl sites for hydroxylation is 1. The summed E-state index contributed by atoms with van der Waals surface area (Å²) >= 11 is 1.23. The first kappa shape index (κ1) is 10.5. The third-order valence-corrected chi connectivity index (χ3v) is 3.93. The molecule has 1 unspecified atom stereocenters. The molecule has 0 aliphatic carbocycles. The molecule has 1 aromatic carbocycles. The van der Waals surface area contributed by atoms with Gasteiger partial charge in [0.1, 0.15) is 11.6 Å². The molecule has 0 spiro atoms. The average Bonchev–Trinajstić information content (AvgIpc) is 2.51. The van der Waals surface area contributed by atoms with Crippen molar-refractivity contribution in [3.05, 3.63) is 34.2 Å². The van der Waals surface area contributed by atoms with E-state index in [1.165, 1.54) is 11.3 Å². The Hall–Kier alpha value is -1.00. The summed E-state index contributed by atoms with van der Waals surface area (Å²) in [4.78, 5) is 0.842. The molecule has 0 fully saturated rings. The van der Waals surface area contributed by atoms with Crippen molar-refractivity contribution in [3.63, 3.8) is 0 Å². The molecule has 2 N–H and O–H groups in total. The van der Waals surface area contributed by atoms with Crippen LogP contribution < -0.4 is 5.73 Å². The van der Waals surface area contributed by atoms with Gasteiger partial charge in [-0.25, -0.2) is 8.78 Å². The van der Waals surface area contributed by atoms with E-state index in [0.29, 0.717) is 10.1 Å². The summed E-state index contributed by atoms with van der Waals surface area (Å²) in [5.41, 5.74) is 6.50. The second-order valence-corrected chi connectivity index (χ2v) is 4.67. The molecule has 4 heteroatoms. The van der Waals surface area contributed by atoms with E-state index in [1.54, 1.807) is 6.92 Å². The first-order valence-corrected chi connectivity index (χ1v) is 5.46. The fraction of sp³-hybridized carbons (Fsp3) is 0.273. The zero-order valence-corrected chi connectivity index (χ0v) is 9.29. The molecular weight excluding hydrogens is 216 g/mol. The maximum atomic E-state index is 13.5. The molecule has 15 heavy (non-hydrogen) atoms. The summed E-state index contributed by atoms with van der Waals surface area (Å²) < 4.78 is 27.3. The smallest absolute Gasteiger partial charge is 0.141 e. The van der Waals surface area contributed by atoms with E-state index in [-0.39, 0.29) is 17.7 Å². The fourth-order valence-corrected chi connectivity index (χ4v) is 2.91. The molecule has 1 atom stereocenters. The summed E-state index contributed by atoms with van der Waals surface area (Å²) in [7, 11) is 0. The van der Waals surface area contributed by atoms with Crippen LogP contribution in [-0.4, -0.2) is 0 Å². The summed E-state index contributed by atoms with van der Waals surface area (Å²) in [5, 5.41) is 0.368. The molecule has 1 heterocycles. The Morgan fingerprint density at radius 3 is 2.40 bits per heavy atom. The lowest BCUT2D eigenvalue weighted by Gasteiger charge is -2.02. The molecule has 0 aliphatic heterocycles. The number of thiophene rings is 1. The SMILES string of the molecule is Cc1c(C(C)N)sc2c(F)ccc(F)c12. The minimum Gasteiger partial charge on any atom is -0.323 e. The van der Waals surface area contributed by atoms with Crippen molar-refractivity contribution in [3.8, 4) is 0 Å². The van der Waals surface area contributed by atoms with Crippen LogP contribution in [0.1, 0.15) is 23.4 Å². The van der Waals surface area contributed by atoms with Crippen LogP contribution in [-0.2, 0) is 0 Å². The average molecular weight is 227 g/mol. The third-order valence-electron chi connectivity index (χ3n) is 2.43. The summed E-state index contributed by atoms with van der Waals surface area (Å²) in [5.74, 6) is -0.765. The van der Waals surface area contributed by atoms with Crippen molar-refractivity contribution >= 4 is 21.4 Å². The molecule has 2 aromatic rings. The van der Waals surface area contributed by atoms with Crippen molar-refractivity contribution in [1.29, 1.82) is 0 Å². The monoisotopic (exact) mass is 227 g/mol. The van der Waals surface area contributed by atoms with Crippen LogP contribution in [0.3, 0.4) is 0 Å². The maximum Gasteiger partial charge on any atom is 0.141 e. The number of benzene rings is 1. The minimum absolute atomic E-state index is 0.193. The van der Waals surface area contributed by atoms with E-state index in [0.717, 1.165) is 22.6 Å². The van der Waals surface area contributed by atoms with Crippen LogP contribution in [0.4, 0.5) is 8.78 Å². The number of hydrogen-bond donors (Lipinski definition) is 1. The standard InChI is InChI=1S/C11H11F2NS/c1-5-9-7(12)3-4-8(13)11(9)15-10(5)6(2)14/h3-4,6H,14H2,1-2H3. The lowest BCUT2D eigenvalue weighted by atomic mass is 10.1. The van der Waals surface area contributed by atoms with Crippen molar-refractivity contribution < 1.29 is 8.78 Å². The van der Waals surface area contributed by atoms with Gasteiger partial charge < -0.3 is 5.73 Å². The first-order chi connectivity index (χ1) is 7.02. The van der Waals surface area contributed by atoms with Crippen LogP contribution in [0.5, 0.6) is 0 Å². The van der Waals surface area contributed by atoms with Gasteiger partial charge >= 0.3 is 0 Å². The Bertz CT molecular complexity index is 517. The molecule has 0 saturated carbocycles. The van der Waals surface area contributed by atoms with Crippen LogP contribution in [0.15, 0.2) is 12.1 Å². The lowest BCUT2D eigenvalue weighted by Crippen LogP contribution is -2.03. The topological polar surface area (TPSA) is 26.0 Å². The fourth-order valence-electron chi connectivity index (χ4n) is 1.73. The maximum absolute atomic E-state index is 13.5. The highest BCUT2D eigenvalue weighted by molar-refractivity contribution is 7.19. The summed E-state index contributed by atoms with van der Waals surface area (Å²) in [6.07, 6.45) is 0. The highest BCUT2D eigenvalue weighted by Gasteiger charge is 2.17. The minimum atomic E-state index is -0.383. The van der Waals surface area contributed by atoms with E-state index in [9.17, 15) is 8.78 Å². The van der Waals surface area contributed by atoms with Gasteiger partial charge in [0.05, 0.1) is 4.70 Å². The van der Waals surface area contributed by atoms with Crippen LogP contribution in [0.25, 0.3) is 10.1 Å². The van der Waals surface area contributed by atoms with Gasteiger partial charge in [0.15, 0.2) is 0 Å². The van der Waals surface area contributed by atoms with Gasteiger partial charge in [-0.1, -0.05) is 0 Å². The molecule has 80 valence electrons. The Labute approximate surface area is 90.5 Å². The third kappa shape index (κ3) is 1.54. The Balaban J connectivity index is 2.87. The zero-order chi connectivity index (χ0) is 11.2. The van der Waals surface area contributed by atoms with Crippen LogP contribution in [0, 0.1) is 18.6 Å². The Morgan fingerprint density at radius 1 is 1.27 bits per heavy atom. The molecule has 2 rings (SSSR count). The van der Waals surface area contributed by atoms with Crippen molar-refractivity contribution in [2.24, 2.45) is 5.73 Å². The van der Waals surface area contributed by atoms with Gasteiger partial charge in [0, 0.05) is 16.3 Å². The molecule has 0 bridgehead atoms. The van der Waals surface area contributed by atoms with E-state index < -0.39 is 0 Å². The molecule has 0 amide bonds. The Morgan fingerprint density at radius 2 is 1.87 bits per heavy atom. The van der Waals surface area contributed by atoms with Gasteiger partial charge in [0.2, 0.25) is 0 Å². The van der Waals surface area contributed by atoms with Gasteiger partial charge in [-0.3, -0.25) is 0 Å². The van der Waals surface area contributed by atoms with Crippen molar-refractivity contribution in [1.82, 2.24) is 0 Å². The normalized spacial score (nSPS) is 13.4. The summed E-state index contributed by atoms with van der Waals surface area (Å²) in [6.45, 7) is 3.59. The van der Waals surface area contributed by atoms with E-state index in [4.69, 9.17) is 5.73 Å². The molecule has 0 radical (unpaired) electrons. The van der Waals surface area contributed by atoms with E-state index >= 15 is 0 Å². The number of halogens is 2. The highest BCUT2D eigenvalue weighted by Crippen LogP contribution is 2.36. The predicted octanol–water partition coefficient (Wildman–Crippen LogP) is 3.51. The van der Waals surface area contributed by atoms with Gasteiger partial charge in [-0.15, -0.1) is 11.3 Å². The van der Waals surface area contributed by atoms with Gasteiger partial charge in [-0.2, -0.15) is 0 Å². The second kappa shape index (κ2) is 3.54. The highest BCUT2D eigenvalue weighted by atomic mass is 32.1. The molecular formula is C11H11F2NS. The van der Waals surface area contributed by atoms with Crippen molar-refractivity contribution in [2.45, 2.75) is 19.9 Å². The van der Waals surface area contributed by atoms with Gasteiger partial charge in [-0.05, 0) is 31.5 Å². The number of fused-ring (bicyclic) bond motifs is 1. The largest absolute Gasteiger partial charge is 0.323 e. The van der Waals surface area contributed by atoms with E-state index in [1.807, 2.05) is 6.92 Å². The first-order valence-electron chi connectivity index (χ1n) is 4.65. The Kier molecular flexibility index (Phi) is 2.48. The zero-order valence-electron chi connectivity index (χ0n) is 8.47. The molecule has 1 nitrogen and oxygen atoms in total. The summed E-state index contributed by atoms with van der Waals surface area (Å²) in [6, 6.07) is 2.11. The van der Waals surface area contributed by atoms with Crippen molar-refractivity contribution in [2.75, 3.05) is 0 Å². The van der Waals surface area contributed by atoms with E-state index in [2.05, 4.69) is 0 Å². The second-order valence-electron chi connectivity index (χ2n) is 3.61. The van der Waals surface area contributed by atoms with Crippen LogP contribution >= 0.6 is 11.3 Å². The molecule has 1 aromatic heterocycles. The van der Waals surface area contributed by atoms with Gasteiger partial charge in [0.25, 0.3) is 0 Å². The molecule has 0 aliphatic rings. The number of rotatable bonds is 1. The molecule has 0 saturated heterocycles. The predicted molar refractivity (Wildman–Crippen MR) is 59.1 cm³/mol. The number of hydrogen-bond acceptors (Lipinski definition) is 2.